The Hall–Kier alpha value is -4.21. The molecule has 4 rings (SSSR count). The zero-order valence-corrected chi connectivity index (χ0v) is 21.1. The molecule has 2 amide bonds. The van der Waals surface area contributed by atoms with E-state index in [1.165, 1.54) is 12.3 Å². The van der Waals surface area contributed by atoms with Gasteiger partial charge in [-0.2, -0.15) is 5.26 Å². The Bertz CT molecular complexity index is 1490. The van der Waals surface area contributed by atoms with Crippen molar-refractivity contribution in [2.24, 2.45) is 5.73 Å². The molecule has 0 saturated heterocycles. The molecule has 5 N–H and O–H groups in total. The summed E-state index contributed by atoms with van der Waals surface area (Å²) in [5.74, 6) is -0.916. The molecule has 10 heteroatoms. The van der Waals surface area contributed by atoms with Gasteiger partial charge in [-0.25, -0.2) is 4.98 Å². The second-order valence-electron chi connectivity index (χ2n) is 7.84. The van der Waals surface area contributed by atoms with Crippen LogP contribution in [0.15, 0.2) is 71.3 Å². The molecule has 2 heterocycles. The molecule has 2 aromatic heterocycles. The molecule has 0 bridgehead atoms. The molecule has 0 spiro atoms. The molecule has 9 nitrogen and oxygen atoms in total. The third kappa shape index (κ3) is 5.37. The molecule has 0 aliphatic carbocycles. The number of furan rings is 1. The number of hydrogen-bond donors (Lipinski definition) is 4. The standard InChI is InChI=1S/C26H20IN5O4/c1-14(29)25(34)30-17-5-2-4-15(10-17)19-12-21(18-8-7-16(27)11-22(18)33)31-24(20(19)13-28)32-26(35)23-6-3-9-36-23/h2-12,14,33H,29H2,1H3,(H,30,34)(H,31,32,35)/t14-/m0/s1. The minimum Gasteiger partial charge on any atom is -0.507 e. The summed E-state index contributed by atoms with van der Waals surface area (Å²) in [6.07, 6.45) is 1.36. The van der Waals surface area contributed by atoms with Gasteiger partial charge in [-0.05, 0) is 83.6 Å². The molecule has 0 unspecified atom stereocenters. The maximum atomic E-state index is 12.7. The van der Waals surface area contributed by atoms with Gasteiger partial charge in [-0.1, -0.05) is 12.1 Å². The second kappa shape index (κ2) is 10.6. The van der Waals surface area contributed by atoms with Crippen LogP contribution < -0.4 is 16.4 Å². The molecule has 0 radical (unpaired) electrons. The fraction of sp³-hybridized carbons (Fsp3) is 0.0769. The van der Waals surface area contributed by atoms with Crippen LogP contribution in [0.25, 0.3) is 22.4 Å². The molecule has 180 valence electrons. The number of phenols is 1. The van der Waals surface area contributed by atoms with Crippen LogP contribution in [0.1, 0.15) is 23.0 Å². The molecule has 36 heavy (non-hydrogen) atoms. The van der Waals surface area contributed by atoms with Gasteiger partial charge in [-0.3, -0.25) is 9.59 Å². The van der Waals surface area contributed by atoms with E-state index in [0.29, 0.717) is 28.1 Å². The van der Waals surface area contributed by atoms with Gasteiger partial charge in [0.05, 0.1) is 18.0 Å². The molecule has 0 aliphatic rings. The van der Waals surface area contributed by atoms with Crippen LogP contribution >= 0.6 is 22.6 Å². The third-order valence-electron chi connectivity index (χ3n) is 5.20. The summed E-state index contributed by atoms with van der Waals surface area (Å²) >= 11 is 2.08. The van der Waals surface area contributed by atoms with Crippen LogP contribution in [0.2, 0.25) is 0 Å². The molecular weight excluding hydrogens is 573 g/mol. The number of aromatic nitrogens is 1. The van der Waals surface area contributed by atoms with Crippen molar-refractivity contribution in [1.82, 2.24) is 4.98 Å². The fourth-order valence-electron chi connectivity index (χ4n) is 3.43. The van der Waals surface area contributed by atoms with E-state index in [4.69, 9.17) is 10.2 Å². The molecule has 4 aromatic rings. The number of amides is 2. The van der Waals surface area contributed by atoms with Crippen LogP contribution in [0.3, 0.4) is 0 Å². The van der Waals surface area contributed by atoms with Crippen LogP contribution in [0.5, 0.6) is 5.75 Å². The normalized spacial score (nSPS) is 11.4. The summed E-state index contributed by atoms with van der Waals surface area (Å²) in [5, 5.41) is 26.0. The first-order valence-corrected chi connectivity index (χ1v) is 11.8. The van der Waals surface area contributed by atoms with Crippen molar-refractivity contribution in [3.8, 4) is 34.2 Å². The van der Waals surface area contributed by atoms with E-state index >= 15 is 0 Å². The number of aromatic hydroxyl groups is 1. The SMILES string of the molecule is C[C@H](N)C(=O)Nc1cccc(-c2cc(-c3ccc(I)cc3O)nc(NC(=O)c3ccco3)c2C#N)c1. The largest absolute Gasteiger partial charge is 0.507 e. The minimum absolute atomic E-state index is 0.00521. The highest BCUT2D eigenvalue weighted by Gasteiger charge is 2.20. The summed E-state index contributed by atoms with van der Waals surface area (Å²) in [6, 6.07) is 18.1. The van der Waals surface area contributed by atoms with Gasteiger partial charge in [0.2, 0.25) is 5.91 Å². The number of nitrogens with one attached hydrogen (secondary N) is 2. The minimum atomic E-state index is -0.705. The number of nitriles is 1. The first kappa shape index (κ1) is 24.9. The van der Waals surface area contributed by atoms with Crippen molar-refractivity contribution >= 4 is 45.9 Å². The van der Waals surface area contributed by atoms with Crippen LogP contribution in [0.4, 0.5) is 11.5 Å². The number of halogens is 1. The van der Waals surface area contributed by atoms with E-state index in [1.807, 2.05) is 0 Å². The smallest absolute Gasteiger partial charge is 0.292 e. The highest BCUT2D eigenvalue weighted by Crippen LogP contribution is 2.36. The highest BCUT2D eigenvalue weighted by atomic mass is 127. The van der Waals surface area contributed by atoms with Gasteiger partial charge >= 0.3 is 0 Å². The van der Waals surface area contributed by atoms with Crippen molar-refractivity contribution < 1.29 is 19.1 Å². The van der Waals surface area contributed by atoms with E-state index in [-0.39, 0.29) is 28.8 Å². The van der Waals surface area contributed by atoms with Gasteiger partial charge in [0.25, 0.3) is 5.91 Å². The Labute approximate surface area is 220 Å². The fourth-order valence-corrected chi connectivity index (χ4v) is 3.91. The zero-order chi connectivity index (χ0) is 25.8. The lowest BCUT2D eigenvalue weighted by molar-refractivity contribution is -0.117. The number of anilines is 2. The van der Waals surface area contributed by atoms with Crippen molar-refractivity contribution in [1.29, 1.82) is 5.26 Å². The van der Waals surface area contributed by atoms with Gasteiger partial charge in [0.1, 0.15) is 17.4 Å². The number of carbonyl (C=O) groups is 2. The van der Waals surface area contributed by atoms with E-state index < -0.39 is 11.9 Å². The topological polar surface area (TPSA) is 154 Å². The molecule has 0 fully saturated rings. The van der Waals surface area contributed by atoms with Crippen molar-refractivity contribution in [2.45, 2.75) is 13.0 Å². The predicted molar refractivity (Wildman–Crippen MR) is 143 cm³/mol. The molecule has 0 aliphatic heterocycles. The van der Waals surface area contributed by atoms with E-state index in [9.17, 15) is 20.0 Å². The zero-order valence-electron chi connectivity index (χ0n) is 18.9. The Kier molecular flexibility index (Phi) is 7.33. The van der Waals surface area contributed by atoms with Crippen LogP contribution in [-0.2, 0) is 4.79 Å². The first-order valence-electron chi connectivity index (χ1n) is 10.7. The highest BCUT2D eigenvalue weighted by molar-refractivity contribution is 14.1. The van der Waals surface area contributed by atoms with E-state index in [2.05, 4.69) is 44.3 Å². The average Bonchev–Trinajstić information content (AvgIpc) is 3.39. The predicted octanol–water partition coefficient (Wildman–Crippen LogP) is 4.73. The quantitative estimate of drug-likeness (QED) is 0.236. The lowest BCUT2D eigenvalue weighted by atomic mass is 9.97. The van der Waals surface area contributed by atoms with Crippen molar-refractivity contribution in [2.75, 3.05) is 10.6 Å². The van der Waals surface area contributed by atoms with Crippen molar-refractivity contribution in [3.63, 3.8) is 0 Å². The summed E-state index contributed by atoms with van der Waals surface area (Å²) in [4.78, 5) is 29.3. The Morgan fingerprint density at radius 3 is 2.58 bits per heavy atom. The molecule has 0 saturated carbocycles. The lowest BCUT2D eigenvalue weighted by Crippen LogP contribution is -2.32. The number of hydrogen-bond acceptors (Lipinski definition) is 7. The maximum Gasteiger partial charge on any atom is 0.292 e. The Balaban J connectivity index is 1.88. The van der Waals surface area contributed by atoms with E-state index in [1.54, 1.807) is 61.5 Å². The number of benzene rings is 2. The van der Waals surface area contributed by atoms with Crippen LogP contribution in [-0.4, -0.2) is 27.9 Å². The number of rotatable bonds is 6. The number of nitrogens with zero attached hydrogens (tertiary/aromatic N) is 2. The number of nitrogens with two attached hydrogens (primary N) is 1. The summed E-state index contributed by atoms with van der Waals surface area (Å²) < 4.78 is 5.99. The van der Waals surface area contributed by atoms with Gasteiger partial charge in [0.15, 0.2) is 11.6 Å². The second-order valence-corrected chi connectivity index (χ2v) is 9.09. The van der Waals surface area contributed by atoms with Gasteiger partial charge in [-0.15, -0.1) is 0 Å². The van der Waals surface area contributed by atoms with Gasteiger partial charge < -0.3 is 25.9 Å². The summed E-state index contributed by atoms with van der Waals surface area (Å²) in [7, 11) is 0. The summed E-state index contributed by atoms with van der Waals surface area (Å²) in [5.41, 5.74) is 8.00. The Morgan fingerprint density at radius 2 is 1.92 bits per heavy atom. The van der Waals surface area contributed by atoms with Crippen LogP contribution in [0, 0.1) is 14.9 Å². The lowest BCUT2D eigenvalue weighted by Gasteiger charge is -2.15. The molecule has 2 aromatic carbocycles. The molecular formula is C26H20IN5O4. The summed E-state index contributed by atoms with van der Waals surface area (Å²) in [6.45, 7) is 1.57. The van der Waals surface area contributed by atoms with E-state index in [0.717, 1.165) is 3.57 Å². The monoisotopic (exact) mass is 593 g/mol. The number of pyridine rings is 1. The first-order chi connectivity index (χ1) is 17.3. The number of phenolic OH excluding ortho intramolecular Hbond substituents is 1. The average molecular weight is 593 g/mol. The number of carbonyl (C=O) groups excluding carboxylic acids is 2. The Morgan fingerprint density at radius 1 is 1.11 bits per heavy atom. The molecule has 1 atom stereocenters. The van der Waals surface area contributed by atoms with Crippen molar-refractivity contribution in [3.05, 3.63) is 81.8 Å². The van der Waals surface area contributed by atoms with Gasteiger partial charge in [0, 0.05) is 20.4 Å². The maximum absolute atomic E-state index is 12.7. The third-order valence-corrected chi connectivity index (χ3v) is 5.87.